The van der Waals surface area contributed by atoms with Crippen molar-refractivity contribution < 1.29 is 14.3 Å². The van der Waals surface area contributed by atoms with Crippen molar-refractivity contribution in [3.63, 3.8) is 0 Å². The molecule has 0 radical (unpaired) electrons. The van der Waals surface area contributed by atoms with E-state index in [0.717, 1.165) is 11.3 Å². The number of fused-ring (bicyclic) bond motifs is 2. The van der Waals surface area contributed by atoms with Crippen LogP contribution in [0.1, 0.15) is 46.6 Å². The van der Waals surface area contributed by atoms with Crippen LogP contribution in [-0.2, 0) is 14.9 Å². The molecule has 1 aliphatic carbocycles. The first-order chi connectivity index (χ1) is 12.0. The molecule has 0 aromatic heterocycles. The van der Waals surface area contributed by atoms with Crippen molar-refractivity contribution in [2.24, 2.45) is 5.41 Å². The van der Waals surface area contributed by atoms with Crippen LogP contribution in [0.15, 0.2) is 35.9 Å². The fourth-order valence-corrected chi connectivity index (χ4v) is 4.05. The van der Waals surface area contributed by atoms with E-state index in [1.54, 1.807) is 11.0 Å². The van der Waals surface area contributed by atoms with E-state index in [1.807, 2.05) is 58.9 Å². The van der Waals surface area contributed by atoms with E-state index in [4.69, 9.17) is 4.74 Å². The van der Waals surface area contributed by atoms with Gasteiger partial charge in [0.25, 0.3) is 0 Å². The molecule has 1 amide bonds. The molecule has 0 saturated heterocycles. The number of carbonyl (C=O) groups is 2. The van der Waals surface area contributed by atoms with E-state index in [2.05, 4.69) is 6.07 Å². The summed E-state index contributed by atoms with van der Waals surface area (Å²) in [6.45, 7) is 9.58. The first kappa shape index (κ1) is 18.2. The second-order valence-electron chi connectivity index (χ2n) is 8.80. The van der Waals surface area contributed by atoms with Crippen molar-refractivity contribution in [1.82, 2.24) is 0 Å². The first-order valence-electron chi connectivity index (χ1n) is 8.77. The summed E-state index contributed by atoms with van der Waals surface area (Å²) in [6.07, 6.45) is 1.88. The Morgan fingerprint density at radius 1 is 1.27 bits per heavy atom. The third-order valence-corrected chi connectivity index (χ3v) is 4.94. The molecule has 1 heterocycles. The molecule has 136 valence electrons. The van der Waals surface area contributed by atoms with Gasteiger partial charge in [0.2, 0.25) is 0 Å². The highest BCUT2D eigenvalue weighted by atomic mass is 16.6. The lowest BCUT2D eigenvalue weighted by Gasteiger charge is -2.39. The Morgan fingerprint density at radius 3 is 2.54 bits per heavy atom. The number of para-hydroxylation sites is 1. The fraction of sp³-hybridized carbons (Fsp3) is 0.476. The lowest BCUT2D eigenvalue weighted by atomic mass is 9.62. The predicted octanol–water partition coefficient (Wildman–Crippen LogP) is 4.13. The zero-order valence-corrected chi connectivity index (χ0v) is 15.9. The molecule has 26 heavy (non-hydrogen) atoms. The van der Waals surface area contributed by atoms with Gasteiger partial charge in [0, 0.05) is 17.4 Å². The van der Waals surface area contributed by atoms with Gasteiger partial charge < -0.3 is 4.74 Å². The van der Waals surface area contributed by atoms with E-state index in [1.165, 1.54) is 0 Å². The molecule has 2 aliphatic rings. The van der Waals surface area contributed by atoms with Gasteiger partial charge in [0.05, 0.1) is 11.3 Å². The Bertz CT molecular complexity index is 855. The van der Waals surface area contributed by atoms with Gasteiger partial charge in [-0.15, -0.1) is 0 Å². The summed E-state index contributed by atoms with van der Waals surface area (Å²) in [5.74, 6) is -0.140. The first-order valence-corrected chi connectivity index (χ1v) is 8.77. The molecule has 1 aromatic carbocycles. The Labute approximate surface area is 154 Å². The molecular formula is C21H24N2O3. The molecule has 1 spiro atoms. The quantitative estimate of drug-likeness (QED) is 0.704. The fourth-order valence-electron chi connectivity index (χ4n) is 4.05. The number of amides is 1. The number of ether oxygens (including phenoxy) is 1. The highest BCUT2D eigenvalue weighted by Gasteiger charge is 2.52. The highest BCUT2D eigenvalue weighted by Crippen LogP contribution is 2.51. The molecule has 0 N–H and O–H groups in total. The number of allylic oxidation sites excluding steroid dienone is 1. The lowest BCUT2D eigenvalue weighted by molar-refractivity contribution is -0.124. The standard InChI is InChI=1S/C21H24N2O3/c1-19(2,3)26-18(25)23-13-21(15-8-6-7-9-16(15)23)10-14(11-22)17(24)20(4,5)12-21/h6-10H,12-13H2,1-5H3. The number of benzene rings is 1. The summed E-state index contributed by atoms with van der Waals surface area (Å²) in [7, 11) is 0. The number of nitrogens with zero attached hydrogens (tertiary/aromatic N) is 2. The van der Waals surface area contributed by atoms with Gasteiger partial charge in [-0.25, -0.2) is 4.79 Å². The number of ketones is 1. The summed E-state index contributed by atoms with van der Waals surface area (Å²) < 4.78 is 5.57. The van der Waals surface area contributed by atoms with Crippen molar-refractivity contribution in [3.8, 4) is 6.07 Å². The number of rotatable bonds is 0. The summed E-state index contributed by atoms with van der Waals surface area (Å²) in [5, 5.41) is 9.47. The minimum Gasteiger partial charge on any atom is -0.443 e. The zero-order valence-electron chi connectivity index (χ0n) is 15.9. The van der Waals surface area contributed by atoms with Gasteiger partial charge in [0.1, 0.15) is 11.7 Å². The Kier molecular flexibility index (Phi) is 3.99. The van der Waals surface area contributed by atoms with Crippen LogP contribution < -0.4 is 4.90 Å². The molecule has 5 heteroatoms. The van der Waals surface area contributed by atoms with E-state index in [9.17, 15) is 14.9 Å². The summed E-state index contributed by atoms with van der Waals surface area (Å²) in [5.41, 5.74) is 0.0751. The van der Waals surface area contributed by atoms with Crippen LogP contribution in [-0.4, -0.2) is 24.0 Å². The second-order valence-corrected chi connectivity index (χ2v) is 8.80. The van der Waals surface area contributed by atoms with E-state index in [0.29, 0.717) is 13.0 Å². The number of hydrogen-bond donors (Lipinski definition) is 0. The molecule has 0 saturated carbocycles. The average molecular weight is 352 g/mol. The van der Waals surface area contributed by atoms with Crippen LogP contribution in [0.4, 0.5) is 10.5 Å². The van der Waals surface area contributed by atoms with Crippen molar-refractivity contribution >= 4 is 17.6 Å². The molecule has 3 rings (SSSR count). The minimum absolute atomic E-state index is 0.140. The van der Waals surface area contributed by atoms with Crippen LogP contribution in [0.2, 0.25) is 0 Å². The third kappa shape index (κ3) is 2.90. The smallest absolute Gasteiger partial charge is 0.414 e. The van der Waals surface area contributed by atoms with Crippen LogP contribution >= 0.6 is 0 Å². The third-order valence-electron chi connectivity index (χ3n) is 4.94. The second kappa shape index (κ2) is 5.70. The van der Waals surface area contributed by atoms with Gasteiger partial charge >= 0.3 is 6.09 Å². The largest absolute Gasteiger partial charge is 0.443 e. The van der Waals surface area contributed by atoms with Crippen LogP contribution in [0.5, 0.6) is 0 Å². The number of nitriles is 1. The maximum Gasteiger partial charge on any atom is 0.414 e. The van der Waals surface area contributed by atoms with Crippen LogP contribution in [0, 0.1) is 16.7 Å². The van der Waals surface area contributed by atoms with Gasteiger partial charge in [-0.05, 0) is 38.8 Å². The number of Topliss-reactive ketones (excluding diaryl/α,β-unsaturated/α-hetero) is 1. The van der Waals surface area contributed by atoms with Gasteiger partial charge in [-0.1, -0.05) is 38.1 Å². The van der Waals surface area contributed by atoms with E-state index >= 15 is 0 Å². The average Bonchev–Trinajstić information content (AvgIpc) is 2.84. The molecular weight excluding hydrogens is 328 g/mol. The molecule has 1 unspecified atom stereocenters. The van der Waals surface area contributed by atoms with Crippen LogP contribution in [0.25, 0.3) is 0 Å². The molecule has 1 atom stereocenters. The van der Waals surface area contributed by atoms with Gasteiger partial charge in [-0.3, -0.25) is 9.69 Å². The number of hydrogen-bond acceptors (Lipinski definition) is 4. The van der Waals surface area contributed by atoms with Crippen molar-refractivity contribution in [3.05, 3.63) is 41.5 Å². The predicted molar refractivity (Wildman–Crippen MR) is 98.8 cm³/mol. The summed E-state index contributed by atoms with van der Waals surface area (Å²) in [6, 6.07) is 9.70. The van der Waals surface area contributed by atoms with E-state index < -0.39 is 22.5 Å². The molecule has 1 aliphatic heterocycles. The van der Waals surface area contributed by atoms with Crippen molar-refractivity contribution in [2.75, 3.05) is 11.4 Å². The number of carbonyl (C=O) groups excluding carboxylic acids is 2. The molecule has 1 aromatic rings. The highest BCUT2D eigenvalue weighted by molar-refractivity contribution is 6.04. The maximum absolute atomic E-state index is 12.8. The maximum atomic E-state index is 12.8. The Hall–Kier alpha value is -2.61. The van der Waals surface area contributed by atoms with Gasteiger partial charge in [-0.2, -0.15) is 5.26 Å². The Balaban J connectivity index is 2.11. The summed E-state index contributed by atoms with van der Waals surface area (Å²) >= 11 is 0. The number of anilines is 1. The van der Waals surface area contributed by atoms with E-state index in [-0.39, 0.29) is 11.4 Å². The van der Waals surface area contributed by atoms with Crippen molar-refractivity contribution in [1.29, 1.82) is 5.26 Å². The van der Waals surface area contributed by atoms with Gasteiger partial charge in [0.15, 0.2) is 5.78 Å². The lowest BCUT2D eigenvalue weighted by Crippen LogP contribution is -2.45. The zero-order chi connectivity index (χ0) is 19.3. The minimum atomic E-state index is -0.670. The summed E-state index contributed by atoms with van der Waals surface area (Å²) in [4.78, 5) is 26.9. The topological polar surface area (TPSA) is 70.4 Å². The molecule has 0 bridgehead atoms. The normalized spacial score (nSPS) is 24.1. The SMILES string of the molecule is CC(C)(C)OC(=O)N1CC2(C=C(C#N)C(=O)C(C)(C)C2)c2ccccc21. The monoisotopic (exact) mass is 352 g/mol. The van der Waals surface area contributed by atoms with Crippen molar-refractivity contribution in [2.45, 2.75) is 52.1 Å². The molecule has 0 fully saturated rings. The molecule has 5 nitrogen and oxygen atoms in total. The van der Waals surface area contributed by atoms with Crippen LogP contribution in [0.3, 0.4) is 0 Å². The Morgan fingerprint density at radius 2 is 1.92 bits per heavy atom.